The summed E-state index contributed by atoms with van der Waals surface area (Å²) in [5, 5.41) is 8.52. The molecule has 7 nitrogen and oxygen atoms in total. The predicted molar refractivity (Wildman–Crippen MR) is 88.7 cm³/mol. The summed E-state index contributed by atoms with van der Waals surface area (Å²) in [7, 11) is 0. The zero-order valence-electron chi connectivity index (χ0n) is 13.1. The topological polar surface area (TPSA) is 96.0 Å². The first-order valence-electron chi connectivity index (χ1n) is 7.33. The number of aromatic nitrogens is 2. The average molecular weight is 313 g/mol. The van der Waals surface area contributed by atoms with Crippen LogP contribution >= 0.6 is 0 Å². The Morgan fingerprint density at radius 3 is 2.57 bits per heavy atom. The standard InChI is InChI=1S/C16H19N5O2/c1-3-7-17-16(23)14-9-19-15(10-18-14)21-13-6-4-5-12(8-13)20-11(2)22/h4-6,8-10H,3,7H2,1-2H3,(H,17,23)(H,19,21)(H,20,22). The van der Waals surface area contributed by atoms with E-state index in [1.165, 1.54) is 19.3 Å². The number of hydrogen-bond donors (Lipinski definition) is 3. The Bertz CT molecular complexity index is 685. The zero-order chi connectivity index (χ0) is 16.7. The molecule has 0 radical (unpaired) electrons. The molecule has 2 rings (SSSR count). The van der Waals surface area contributed by atoms with E-state index in [1.807, 2.05) is 19.1 Å². The molecule has 2 aromatic rings. The zero-order valence-corrected chi connectivity index (χ0v) is 13.1. The second kappa shape index (κ2) is 7.88. The summed E-state index contributed by atoms with van der Waals surface area (Å²) in [5.74, 6) is 0.139. The summed E-state index contributed by atoms with van der Waals surface area (Å²) >= 11 is 0. The molecule has 0 aliphatic carbocycles. The first kappa shape index (κ1) is 16.4. The molecule has 0 saturated heterocycles. The Labute approximate surface area is 134 Å². The number of nitrogens with zero attached hydrogens (tertiary/aromatic N) is 2. The number of anilines is 3. The van der Waals surface area contributed by atoms with Gasteiger partial charge >= 0.3 is 0 Å². The van der Waals surface area contributed by atoms with Crippen molar-refractivity contribution in [2.24, 2.45) is 0 Å². The molecule has 0 bridgehead atoms. The Hall–Kier alpha value is -2.96. The van der Waals surface area contributed by atoms with E-state index in [4.69, 9.17) is 0 Å². The summed E-state index contributed by atoms with van der Waals surface area (Å²) in [6, 6.07) is 7.23. The smallest absolute Gasteiger partial charge is 0.271 e. The fourth-order valence-electron chi connectivity index (χ4n) is 1.86. The third kappa shape index (κ3) is 5.06. The van der Waals surface area contributed by atoms with Crippen molar-refractivity contribution in [3.05, 3.63) is 42.4 Å². The lowest BCUT2D eigenvalue weighted by Crippen LogP contribution is -2.25. The van der Waals surface area contributed by atoms with Gasteiger partial charge in [-0.05, 0) is 24.6 Å². The summed E-state index contributed by atoms with van der Waals surface area (Å²) in [6.45, 7) is 4.04. The van der Waals surface area contributed by atoms with Gasteiger partial charge in [-0.1, -0.05) is 13.0 Å². The molecule has 0 spiro atoms. The Kier molecular flexibility index (Phi) is 5.62. The van der Waals surface area contributed by atoms with Crippen molar-refractivity contribution in [1.82, 2.24) is 15.3 Å². The van der Waals surface area contributed by atoms with Crippen LogP contribution in [-0.2, 0) is 4.79 Å². The number of hydrogen-bond acceptors (Lipinski definition) is 5. The van der Waals surface area contributed by atoms with Crippen LogP contribution in [0, 0.1) is 0 Å². The lowest BCUT2D eigenvalue weighted by Gasteiger charge is -2.08. The fourth-order valence-corrected chi connectivity index (χ4v) is 1.86. The van der Waals surface area contributed by atoms with Gasteiger partial charge < -0.3 is 16.0 Å². The molecule has 23 heavy (non-hydrogen) atoms. The first-order chi connectivity index (χ1) is 11.1. The number of nitrogens with one attached hydrogen (secondary N) is 3. The molecule has 7 heteroatoms. The minimum atomic E-state index is -0.237. The van der Waals surface area contributed by atoms with Crippen LogP contribution in [0.2, 0.25) is 0 Å². The fraction of sp³-hybridized carbons (Fsp3) is 0.250. The van der Waals surface area contributed by atoms with Crippen LogP contribution in [0.4, 0.5) is 17.2 Å². The van der Waals surface area contributed by atoms with Crippen molar-refractivity contribution >= 4 is 29.0 Å². The highest BCUT2D eigenvalue weighted by atomic mass is 16.2. The van der Waals surface area contributed by atoms with Gasteiger partial charge in [0.05, 0.1) is 12.4 Å². The Morgan fingerprint density at radius 2 is 1.91 bits per heavy atom. The van der Waals surface area contributed by atoms with Crippen LogP contribution in [-0.4, -0.2) is 28.3 Å². The van der Waals surface area contributed by atoms with Crippen LogP contribution in [0.1, 0.15) is 30.8 Å². The third-order valence-electron chi connectivity index (χ3n) is 2.88. The number of rotatable bonds is 6. The molecule has 0 aliphatic rings. The SMILES string of the molecule is CCCNC(=O)c1cnc(Nc2cccc(NC(C)=O)c2)cn1. The Balaban J connectivity index is 2.03. The van der Waals surface area contributed by atoms with Crippen LogP contribution in [0.5, 0.6) is 0 Å². The van der Waals surface area contributed by atoms with Gasteiger partial charge in [-0.2, -0.15) is 0 Å². The summed E-state index contributed by atoms with van der Waals surface area (Å²) in [4.78, 5) is 31.1. The molecule has 0 unspecified atom stereocenters. The van der Waals surface area contributed by atoms with Gasteiger partial charge in [-0.25, -0.2) is 9.97 Å². The van der Waals surface area contributed by atoms with Gasteiger partial charge in [0, 0.05) is 24.8 Å². The lowest BCUT2D eigenvalue weighted by atomic mass is 10.2. The highest BCUT2D eigenvalue weighted by molar-refractivity contribution is 5.92. The molecule has 0 atom stereocenters. The highest BCUT2D eigenvalue weighted by Crippen LogP contribution is 2.18. The first-order valence-corrected chi connectivity index (χ1v) is 7.33. The normalized spacial score (nSPS) is 10.0. The third-order valence-corrected chi connectivity index (χ3v) is 2.88. The van der Waals surface area contributed by atoms with Crippen molar-refractivity contribution in [3.63, 3.8) is 0 Å². The highest BCUT2D eigenvalue weighted by Gasteiger charge is 2.07. The van der Waals surface area contributed by atoms with E-state index in [1.54, 1.807) is 12.1 Å². The van der Waals surface area contributed by atoms with Gasteiger partial charge in [-0.3, -0.25) is 9.59 Å². The minimum absolute atomic E-state index is 0.135. The van der Waals surface area contributed by atoms with Crippen molar-refractivity contribution in [3.8, 4) is 0 Å². The van der Waals surface area contributed by atoms with Crippen molar-refractivity contribution in [2.45, 2.75) is 20.3 Å². The van der Waals surface area contributed by atoms with Crippen molar-refractivity contribution < 1.29 is 9.59 Å². The minimum Gasteiger partial charge on any atom is -0.351 e. The van der Waals surface area contributed by atoms with Gasteiger partial charge in [0.1, 0.15) is 11.5 Å². The molecule has 0 aliphatic heterocycles. The molecule has 1 heterocycles. The second-order valence-corrected chi connectivity index (χ2v) is 4.93. The summed E-state index contributed by atoms with van der Waals surface area (Å²) in [5.41, 5.74) is 1.72. The van der Waals surface area contributed by atoms with E-state index in [-0.39, 0.29) is 17.5 Å². The van der Waals surface area contributed by atoms with E-state index < -0.39 is 0 Å². The van der Waals surface area contributed by atoms with E-state index in [0.717, 1.165) is 12.1 Å². The average Bonchev–Trinajstić information content (AvgIpc) is 2.53. The van der Waals surface area contributed by atoms with Crippen LogP contribution in [0.3, 0.4) is 0 Å². The maximum absolute atomic E-state index is 11.7. The molecule has 120 valence electrons. The van der Waals surface area contributed by atoms with E-state index in [9.17, 15) is 9.59 Å². The molecule has 3 N–H and O–H groups in total. The molecule has 1 aromatic carbocycles. The molecule has 0 fully saturated rings. The Morgan fingerprint density at radius 1 is 1.13 bits per heavy atom. The number of amides is 2. The summed E-state index contributed by atoms with van der Waals surface area (Å²) < 4.78 is 0. The monoisotopic (exact) mass is 313 g/mol. The van der Waals surface area contributed by atoms with E-state index in [2.05, 4.69) is 25.9 Å². The van der Waals surface area contributed by atoms with Gasteiger partial charge in [0.25, 0.3) is 5.91 Å². The molecular weight excluding hydrogens is 294 g/mol. The van der Waals surface area contributed by atoms with Crippen LogP contribution < -0.4 is 16.0 Å². The maximum atomic E-state index is 11.7. The molecule has 1 aromatic heterocycles. The molecule has 2 amide bonds. The van der Waals surface area contributed by atoms with Gasteiger partial charge in [-0.15, -0.1) is 0 Å². The number of benzene rings is 1. The molecule has 0 saturated carbocycles. The van der Waals surface area contributed by atoms with Crippen molar-refractivity contribution in [2.75, 3.05) is 17.2 Å². The maximum Gasteiger partial charge on any atom is 0.271 e. The van der Waals surface area contributed by atoms with Gasteiger partial charge in [0.15, 0.2) is 0 Å². The van der Waals surface area contributed by atoms with Crippen LogP contribution in [0.25, 0.3) is 0 Å². The van der Waals surface area contributed by atoms with Crippen LogP contribution in [0.15, 0.2) is 36.7 Å². The number of carbonyl (C=O) groups excluding carboxylic acids is 2. The van der Waals surface area contributed by atoms with Crippen molar-refractivity contribution in [1.29, 1.82) is 0 Å². The predicted octanol–water partition coefficient (Wildman–Crippen LogP) is 2.32. The van der Waals surface area contributed by atoms with E-state index >= 15 is 0 Å². The lowest BCUT2D eigenvalue weighted by molar-refractivity contribution is -0.114. The van der Waals surface area contributed by atoms with Gasteiger partial charge in [0.2, 0.25) is 5.91 Å². The second-order valence-electron chi connectivity index (χ2n) is 4.93. The quantitative estimate of drug-likeness (QED) is 0.760. The number of carbonyl (C=O) groups is 2. The largest absolute Gasteiger partial charge is 0.351 e. The summed E-state index contributed by atoms with van der Waals surface area (Å²) in [6.07, 6.45) is 3.78. The molecular formula is C16H19N5O2. The van der Waals surface area contributed by atoms with E-state index in [0.29, 0.717) is 18.1 Å².